The average molecular weight is 665 g/mol. The van der Waals surface area contributed by atoms with Gasteiger partial charge in [0.05, 0.1) is 36.1 Å². The molecule has 2 heterocycles. The smallest absolute Gasteiger partial charge is 0.423 e. The molecule has 0 atom stereocenters. The van der Waals surface area contributed by atoms with Crippen LogP contribution >= 0.6 is 10.7 Å². The van der Waals surface area contributed by atoms with E-state index < -0.39 is 33.3 Å². The fourth-order valence-electron chi connectivity index (χ4n) is 4.15. The van der Waals surface area contributed by atoms with E-state index in [0.717, 1.165) is 16.6 Å². The lowest BCUT2D eigenvalue weighted by molar-refractivity contribution is 0.275. The molecule has 6 rings (SSSR count). The number of fused-ring (bicyclic) bond motifs is 2. The highest BCUT2D eigenvalue weighted by Crippen LogP contribution is 2.22. The second kappa shape index (κ2) is 14.2. The summed E-state index contributed by atoms with van der Waals surface area (Å²) in [5.41, 5.74) is 10.2. The molecular weight excluding hydrogens is 642 g/mol. The lowest BCUT2D eigenvalue weighted by Gasteiger charge is -2.10. The predicted octanol–water partition coefficient (Wildman–Crippen LogP) is 2.91. The van der Waals surface area contributed by atoms with Gasteiger partial charge < -0.3 is 25.1 Å². The van der Waals surface area contributed by atoms with Gasteiger partial charge in [0, 0.05) is 22.1 Å². The number of nitrogen functional groups attached to an aromatic ring is 1. The topological polar surface area (TPSA) is 174 Å². The van der Waals surface area contributed by atoms with Crippen molar-refractivity contribution < 1.29 is 36.2 Å². The standard InChI is InChI=1S/C14H11BN2O4S.C7H8BNO2.C7H4ClNO2S/c1-16-11-3-2-4-13(7-11)22(19,20)17-12-6-5-10-9-21-15(18)14(10)8-12;9-6-2-1-5-4-11-8(10)7(5)3-6;1-9-6-3-2-4-7(5-6)12(8,10)11/h2-8,17-18H,9H2;1-3,10H,4,9H2;2-5H. The number of rotatable bonds is 4. The maximum atomic E-state index is 12.3. The molecule has 0 aromatic heterocycles. The van der Waals surface area contributed by atoms with Crippen LogP contribution in [0.25, 0.3) is 9.69 Å². The second-order valence-electron chi connectivity index (χ2n) is 9.46. The summed E-state index contributed by atoms with van der Waals surface area (Å²) in [5, 5.41) is 18.9. The first-order chi connectivity index (χ1) is 21.3. The minimum Gasteiger partial charge on any atom is -0.423 e. The molecular formula is C28H23B2ClN4O8S2. The van der Waals surface area contributed by atoms with Crippen LogP contribution in [0.1, 0.15) is 11.1 Å². The summed E-state index contributed by atoms with van der Waals surface area (Å²) >= 11 is 0. The largest absolute Gasteiger partial charge is 0.491 e. The van der Waals surface area contributed by atoms with Crippen LogP contribution in [0.2, 0.25) is 0 Å². The van der Waals surface area contributed by atoms with Gasteiger partial charge in [-0.2, -0.15) is 0 Å². The zero-order chi connectivity index (χ0) is 32.8. The highest BCUT2D eigenvalue weighted by atomic mass is 35.7. The minimum absolute atomic E-state index is 0.0123. The van der Waals surface area contributed by atoms with Gasteiger partial charge in [0.25, 0.3) is 19.1 Å². The quantitative estimate of drug-likeness (QED) is 0.111. The monoisotopic (exact) mass is 664 g/mol. The molecule has 4 aromatic rings. The first-order valence-electron chi connectivity index (χ1n) is 12.8. The summed E-state index contributed by atoms with van der Waals surface area (Å²) in [6.07, 6.45) is 0. The van der Waals surface area contributed by atoms with Crippen molar-refractivity contribution in [2.24, 2.45) is 0 Å². The molecule has 0 unspecified atom stereocenters. The normalized spacial score (nSPS) is 13.2. The predicted molar refractivity (Wildman–Crippen MR) is 171 cm³/mol. The molecule has 0 aliphatic carbocycles. The van der Waals surface area contributed by atoms with Crippen molar-refractivity contribution in [1.29, 1.82) is 0 Å². The van der Waals surface area contributed by atoms with Crippen molar-refractivity contribution in [1.82, 2.24) is 0 Å². The van der Waals surface area contributed by atoms with Gasteiger partial charge in [0.1, 0.15) is 0 Å². The van der Waals surface area contributed by atoms with E-state index in [0.29, 0.717) is 30.1 Å². The number of anilines is 2. The third-order valence-corrected chi connectivity index (χ3v) is 9.11. The van der Waals surface area contributed by atoms with Crippen molar-refractivity contribution in [3.05, 3.63) is 119 Å². The number of nitrogens with one attached hydrogen (secondary N) is 1. The van der Waals surface area contributed by atoms with Crippen LogP contribution in [-0.4, -0.2) is 41.1 Å². The Labute approximate surface area is 265 Å². The summed E-state index contributed by atoms with van der Waals surface area (Å²) in [5.74, 6) is 0. The second-order valence-corrected chi connectivity index (χ2v) is 13.7. The molecule has 0 spiro atoms. The minimum atomic E-state index is -3.80. The fraction of sp³-hybridized carbons (Fsp3) is 0.0714. The molecule has 228 valence electrons. The van der Waals surface area contributed by atoms with E-state index in [1.165, 1.54) is 48.5 Å². The van der Waals surface area contributed by atoms with E-state index in [-0.39, 0.29) is 21.2 Å². The summed E-state index contributed by atoms with van der Waals surface area (Å²) in [7, 11) is -4.27. The van der Waals surface area contributed by atoms with Gasteiger partial charge in [-0.1, -0.05) is 36.4 Å². The van der Waals surface area contributed by atoms with Gasteiger partial charge >= 0.3 is 14.2 Å². The zero-order valence-corrected chi connectivity index (χ0v) is 25.6. The fourth-order valence-corrected chi connectivity index (χ4v) is 6.03. The van der Waals surface area contributed by atoms with Gasteiger partial charge in [-0.25, -0.2) is 26.5 Å². The molecule has 0 amide bonds. The average Bonchev–Trinajstić information content (AvgIpc) is 3.58. The molecule has 17 heteroatoms. The van der Waals surface area contributed by atoms with Crippen molar-refractivity contribution >= 4 is 77.7 Å². The Kier molecular flexibility index (Phi) is 10.5. The van der Waals surface area contributed by atoms with Crippen molar-refractivity contribution in [3.63, 3.8) is 0 Å². The van der Waals surface area contributed by atoms with Gasteiger partial charge in [0.2, 0.25) is 0 Å². The number of hydrogen-bond donors (Lipinski definition) is 4. The van der Waals surface area contributed by atoms with E-state index >= 15 is 0 Å². The van der Waals surface area contributed by atoms with Crippen molar-refractivity contribution in [2.75, 3.05) is 10.5 Å². The first-order valence-corrected chi connectivity index (χ1v) is 16.6. The zero-order valence-electron chi connectivity index (χ0n) is 23.2. The number of benzene rings is 4. The Balaban J connectivity index is 0.000000169. The van der Waals surface area contributed by atoms with Crippen LogP contribution < -0.4 is 21.4 Å². The third-order valence-electron chi connectivity index (χ3n) is 6.38. The van der Waals surface area contributed by atoms with Gasteiger partial charge in [-0.05, 0) is 70.6 Å². The molecule has 2 aliphatic rings. The lowest BCUT2D eigenvalue weighted by atomic mass is 9.79. The molecule has 2 aliphatic heterocycles. The molecule has 0 radical (unpaired) electrons. The molecule has 0 saturated heterocycles. The SMILES string of the molecule is Nc1ccc2c(c1)B(O)OC2.[C-]#[N+]c1cccc(S(=O)(=O)Cl)c1.[C-]#[N+]c1cccc(S(=O)(=O)Nc2ccc3c(c2)B(O)OC3)c1. The Morgan fingerprint density at radius 1 is 0.756 bits per heavy atom. The number of sulfonamides is 1. The van der Waals surface area contributed by atoms with Gasteiger partial charge in [-0.15, -0.1) is 0 Å². The van der Waals surface area contributed by atoms with Crippen LogP contribution in [-0.2, 0) is 41.6 Å². The molecule has 0 bridgehead atoms. The maximum Gasteiger partial charge on any atom is 0.491 e. The Morgan fingerprint density at radius 2 is 1.27 bits per heavy atom. The highest BCUT2D eigenvalue weighted by Gasteiger charge is 2.28. The summed E-state index contributed by atoms with van der Waals surface area (Å²) in [6.45, 7) is 14.4. The Hall–Kier alpha value is -4.38. The van der Waals surface area contributed by atoms with Crippen molar-refractivity contribution in [2.45, 2.75) is 23.0 Å². The number of halogens is 1. The molecule has 45 heavy (non-hydrogen) atoms. The van der Waals surface area contributed by atoms with Gasteiger partial charge in [-0.3, -0.25) is 4.72 Å². The molecule has 5 N–H and O–H groups in total. The van der Waals surface area contributed by atoms with E-state index in [1.54, 1.807) is 30.3 Å². The summed E-state index contributed by atoms with van der Waals surface area (Å²) < 4.78 is 58.7. The maximum absolute atomic E-state index is 12.3. The van der Waals surface area contributed by atoms with E-state index in [4.69, 9.17) is 38.9 Å². The number of hydrogen-bond acceptors (Lipinski definition) is 9. The van der Waals surface area contributed by atoms with Crippen molar-refractivity contribution in [3.8, 4) is 0 Å². The molecule has 0 fully saturated rings. The van der Waals surface area contributed by atoms with Crippen LogP contribution in [0.4, 0.5) is 22.7 Å². The molecule has 12 nitrogen and oxygen atoms in total. The van der Waals surface area contributed by atoms with E-state index in [1.807, 2.05) is 6.07 Å². The van der Waals surface area contributed by atoms with Gasteiger partial charge in [0.15, 0.2) is 11.4 Å². The molecule has 0 saturated carbocycles. The van der Waals surface area contributed by atoms with E-state index in [9.17, 15) is 26.9 Å². The third kappa shape index (κ3) is 8.63. The Morgan fingerprint density at radius 3 is 1.82 bits per heavy atom. The Bertz CT molecular complexity index is 2040. The summed E-state index contributed by atoms with van der Waals surface area (Å²) in [4.78, 5) is 6.26. The summed E-state index contributed by atoms with van der Waals surface area (Å²) in [6, 6.07) is 21.6. The van der Waals surface area contributed by atoms with Crippen LogP contribution in [0.3, 0.4) is 0 Å². The molecule has 4 aromatic carbocycles. The van der Waals surface area contributed by atoms with Crippen LogP contribution in [0.15, 0.2) is 94.7 Å². The van der Waals surface area contributed by atoms with E-state index in [2.05, 4.69) is 14.4 Å². The van der Waals surface area contributed by atoms with Crippen LogP contribution in [0, 0.1) is 13.1 Å². The van der Waals surface area contributed by atoms with Crippen LogP contribution in [0.5, 0.6) is 0 Å². The highest BCUT2D eigenvalue weighted by molar-refractivity contribution is 8.13. The number of nitrogens with zero attached hydrogens (tertiary/aromatic N) is 2. The number of nitrogens with two attached hydrogens (primary N) is 1. The lowest BCUT2D eigenvalue weighted by Crippen LogP contribution is -2.28. The first kappa shape index (κ1) is 33.5.